The number of sulfonamides is 1. The summed E-state index contributed by atoms with van der Waals surface area (Å²) < 4.78 is 27.8. The Labute approximate surface area is 130 Å². The summed E-state index contributed by atoms with van der Waals surface area (Å²) in [5.74, 6) is 0. The average molecular weight is 395 g/mol. The highest BCUT2D eigenvalue weighted by Crippen LogP contribution is 2.12. The second-order valence-corrected chi connectivity index (χ2v) is 7.39. The van der Waals surface area contributed by atoms with Gasteiger partial charge >= 0.3 is 0 Å². The maximum Gasteiger partial charge on any atom is 0.240 e. The molecule has 0 unspecified atom stereocenters. The molecule has 0 amide bonds. The van der Waals surface area contributed by atoms with Gasteiger partial charge in [-0.25, -0.2) is 13.1 Å². The molecule has 0 spiro atoms. The topological polar surface area (TPSA) is 46.2 Å². The zero-order chi connectivity index (χ0) is 14.1. The van der Waals surface area contributed by atoms with Crippen LogP contribution in [0.15, 0.2) is 29.2 Å². The third-order valence-electron chi connectivity index (χ3n) is 2.87. The largest absolute Gasteiger partial charge is 0.240 e. The molecule has 0 heterocycles. The van der Waals surface area contributed by atoms with Crippen LogP contribution in [0.2, 0.25) is 0 Å². The van der Waals surface area contributed by atoms with E-state index in [0.717, 1.165) is 36.5 Å². The van der Waals surface area contributed by atoms with Gasteiger partial charge in [-0.2, -0.15) is 0 Å². The molecule has 1 rings (SSSR count). The van der Waals surface area contributed by atoms with Crippen LogP contribution in [0.1, 0.15) is 38.2 Å². The second kappa shape index (κ2) is 8.92. The Kier molecular flexibility index (Phi) is 7.94. The molecule has 0 aliphatic rings. The van der Waals surface area contributed by atoms with Crippen molar-refractivity contribution < 1.29 is 8.42 Å². The minimum Gasteiger partial charge on any atom is -0.211 e. The van der Waals surface area contributed by atoms with Crippen molar-refractivity contribution in [1.29, 1.82) is 0 Å². The molecule has 1 aromatic carbocycles. The predicted molar refractivity (Wildman–Crippen MR) is 88.4 cm³/mol. The lowest BCUT2D eigenvalue weighted by molar-refractivity contribution is 0.576. The fraction of sp³-hybridized carbons (Fsp3) is 0.571. The minimum absolute atomic E-state index is 0.362. The summed E-state index contributed by atoms with van der Waals surface area (Å²) in [6.07, 6.45) is 5.18. The predicted octanol–water partition coefficient (Wildman–Crippen LogP) is 3.52. The quantitative estimate of drug-likeness (QED) is 0.395. The van der Waals surface area contributed by atoms with E-state index in [1.165, 1.54) is 5.56 Å². The minimum atomic E-state index is -3.33. The van der Waals surface area contributed by atoms with Crippen LogP contribution in [-0.2, 0) is 16.4 Å². The Balaban J connectivity index is 2.52. The van der Waals surface area contributed by atoms with Crippen molar-refractivity contribution in [2.45, 2.75) is 43.9 Å². The van der Waals surface area contributed by atoms with Gasteiger partial charge in [0.05, 0.1) is 4.90 Å². The molecule has 5 heteroatoms. The van der Waals surface area contributed by atoms with E-state index < -0.39 is 10.0 Å². The first kappa shape index (κ1) is 16.9. The van der Waals surface area contributed by atoms with Gasteiger partial charge in [0, 0.05) is 6.54 Å². The number of halogens is 1. The summed E-state index contributed by atoms with van der Waals surface area (Å²) in [5, 5.41) is 0. The van der Waals surface area contributed by atoms with E-state index in [0.29, 0.717) is 11.4 Å². The number of alkyl halides is 1. The van der Waals surface area contributed by atoms with Gasteiger partial charge in [-0.15, -0.1) is 0 Å². The summed E-state index contributed by atoms with van der Waals surface area (Å²) >= 11 is 2.34. The molecule has 0 saturated heterocycles. The number of hydrogen-bond donors (Lipinski definition) is 1. The number of rotatable bonds is 9. The van der Waals surface area contributed by atoms with Gasteiger partial charge in [0.2, 0.25) is 10.0 Å². The number of benzene rings is 1. The van der Waals surface area contributed by atoms with Crippen molar-refractivity contribution in [1.82, 2.24) is 4.72 Å². The molecule has 108 valence electrons. The lowest BCUT2D eigenvalue weighted by atomic mass is 10.1. The van der Waals surface area contributed by atoms with Gasteiger partial charge in [0.15, 0.2) is 0 Å². The highest BCUT2D eigenvalue weighted by Gasteiger charge is 2.12. The normalized spacial score (nSPS) is 11.7. The average Bonchev–Trinajstić information content (AvgIpc) is 2.39. The third kappa shape index (κ3) is 6.23. The van der Waals surface area contributed by atoms with Crippen molar-refractivity contribution in [2.75, 3.05) is 11.0 Å². The summed E-state index contributed by atoms with van der Waals surface area (Å²) in [7, 11) is -3.33. The van der Waals surface area contributed by atoms with E-state index in [-0.39, 0.29) is 0 Å². The molecule has 0 atom stereocenters. The second-order valence-electron chi connectivity index (χ2n) is 4.54. The molecule has 3 nitrogen and oxygen atoms in total. The molecule has 0 fully saturated rings. The SMILES string of the molecule is CCCc1ccc(S(=O)(=O)NCCCCCI)cc1. The summed E-state index contributed by atoms with van der Waals surface area (Å²) in [6.45, 7) is 2.64. The Morgan fingerprint density at radius 2 is 1.79 bits per heavy atom. The standard InChI is InChI=1S/C14H22INO2S/c1-2-6-13-7-9-14(10-8-13)19(17,18)16-12-5-3-4-11-15/h7-10,16H,2-6,11-12H2,1H3. The van der Waals surface area contributed by atoms with E-state index in [1.54, 1.807) is 12.1 Å². The van der Waals surface area contributed by atoms with Crippen molar-refractivity contribution in [3.8, 4) is 0 Å². The molecule has 19 heavy (non-hydrogen) atoms. The van der Waals surface area contributed by atoms with Crippen LogP contribution < -0.4 is 4.72 Å². The smallest absolute Gasteiger partial charge is 0.211 e. The van der Waals surface area contributed by atoms with Crippen LogP contribution in [0, 0.1) is 0 Å². The van der Waals surface area contributed by atoms with E-state index in [9.17, 15) is 8.42 Å². The number of aryl methyl sites for hydroxylation is 1. The zero-order valence-corrected chi connectivity index (χ0v) is 14.3. The van der Waals surface area contributed by atoms with Crippen LogP contribution in [0.3, 0.4) is 0 Å². The third-order valence-corrected chi connectivity index (χ3v) is 5.11. The van der Waals surface area contributed by atoms with Gasteiger partial charge in [0.1, 0.15) is 0 Å². The fourth-order valence-corrected chi connectivity index (χ4v) is 3.42. The molecule has 0 radical (unpaired) electrons. The van der Waals surface area contributed by atoms with Gasteiger partial charge in [0.25, 0.3) is 0 Å². The summed E-state index contributed by atoms with van der Waals surface area (Å²) in [6, 6.07) is 7.18. The first-order valence-corrected chi connectivity index (χ1v) is 9.75. The van der Waals surface area contributed by atoms with Crippen molar-refractivity contribution >= 4 is 32.6 Å². The van der Waals surface area contributed by atoms with Crippen molar-refractivity contribution in [2.24, 2.45) is 0 Å². The molecular formula is C14H22INO2S. The Morgan fingerprint density at radius 1 is 1.11 bits per heavy atom. The summed E-state index contributed by atoms with van der Waals surface area (Å²) in [4.78, 5) is 0.362. The number of unbranched alkanes of at least 4 members (excludes halogenated alkanes) is 2. The Morgan fingerprint density at radius 3 is 2.37 bits per heavy atom. The molecule has 0 aliphatic carbocycles. The first-order chi connectivity index (χ1) is 9.10. The zero-order valence-electron chi connectivity index (χ0n) is 11.4. The monoisotopic (exact) mass is 395 g/mol. The molecular weight excluding hydrogens is 373 g/mol. The van der Waals surface area contributed by atoms with Crippen LogP contribution in [0.25, 0.3) is 0 Å². The molecule has 0 aromatic heterocycles. The number of nitrogens with one attached hydrogen (secondary N) is 1. The Hall–Kier alpha value is -0.140. The number of hydrogen-bond acceptors (Lipinski definition) is 2. The van der Waals surface area contributed by atoms with E-state index in [2.05, 4.69) is 34.2 Å². The lowest BCUT2D eigenvalue weighted by Gasteiger charge is -2.07. The van der Waals surface area contributed by atoms with Crippen molar-refractivity contribution in [3.63, 3.8) is 0 Å². The lowest BCUT2D eigenvalue weighted by Crippen LogP contribution is -2.24. The molecule has 0 aliphatic heterocycles. The molecule has 1 N–H and O–H groups in total. The van der Waals surface area contributed by atoms with Crippen molar-refractivity contribution in [3.05, 3.63) is 29.8 Å². The molecule has 0 bridgehead atoms. The van der Waals surface area contributed by atoms with Gasteiger partial charge in [-0.1, -0.05) is 54.5 Å². The van der Waals surface area contributed by atoms with Gasteiger partial charge in [-0.05, 0) is 41.4 Å². The van der Waals surface area contributed by atoms with Crippen LogP contribution >= 0.6 is 22.6 Å². The van der Waals surface area contributed by atoms with Gasteiger partial charge < -0.3 is 0 Å². The summed E-state index contributed by atoms with van der Waals surface area (Å²) in [5.41, 5.74) is 1.18. The van der Waals surface area contributed by atoms with E-state index in [4.69, 9.17) is 0 Å². The maximum atomic E-state index is 12.0. The highest BCUT2D eigenvalue weighted by molar-refractivity contribution is 14.1. The van der Waals surface area contributed by atoms with Crippen LogP contribution in [0.5, 0.6) is 0 Å². The molecule has 1 aromatic rings. The molecule has 0 saturated carbocycles. The Bertz CT molecular complexity index is 457. The van der Waals surface area contributed by atoms with Crippen LogP contribution in [-0.4, -0.2) is 19.4 Å². The van der Waals surface area contributed by atoms with Gasteiger partial charge in [-0.3, -0.25) is 0 Å². The maximum absolute atomic E-state index is 12.0. The van der Waals surface area contributed by atoms with E-state index in [1.807, 2.05) is 12.1 Å². The first-order valence-electron chi connectivity index (χ1n) is 6.74. The van der Waals surface area contributed by atoms with Crippen LogP contribution in [0.4, 0.5) is 0 Å². The highest BCUT2D eigenvalue weighted by atomic mass is 127. The fourth-order valence-electron chi connectivity index (χ4n) is 1.81. The van der Waals surface area contributed by atoms with E-state index >= 15 is 0 Å².